The minimum Gasteiger partial charge on any atom is -0.468 e. The summed E-state index contributed by atoms with van der Waals surface area (Å²) in [5.41, 5.74) is 5.48. The van der Waals surface area contributed by atoms with E-state index in [1.54, 1.807) is 0 Å². The lowest BCUT2D eigenvalue weighted by molar-refractivity contribution is -0.468. The molecule has 0 aromatic rings. The molecular formula is C14H31N4O3+. The molecule has 0 fully saturated rings. The minimum atomic E-state index is -0.228. The molecule has 0 amide bonds. The zero-order chi connectivity index (χ0) is 15.9. The number of hydrogen-bond acceptors (Lipinski definition) is 5. The molecule has 124 valence electrons. The van der Waals surface area contributed by atoms with Crippen LogP contribution in [-0.2, 0) is 14.3 Å². The van der Waals surface area contributed by atoms with Crippen LogP contribution in [-0.4, -0.2) is 58.9 Å². The van der Waals surface area contributed by atoms with Gasteiger partial charge in [-0.2, -0.15) is 0 Å². The van der Waals surface area contributed by atoms with Crippen LogP contribution in [0.25, 0.3) is 0 Å². The highest BCUT2D eigenvalue weighted by atomic mass is 16.5. The van der Waals surface area contributed by atoms with Crippen molar-refractivity contribution in [1.82, 2.24) is 10.6 Å². The zero-order valence-corrected chi connectivity index (χ0v) is 13.5. The maximum absolute atomic E-state index is 11.7. The Balaban J connectivity index is 3.88. The van der Waals surface area contributed by atoms with Crippen molar-refractivity contribution in [1.29, 1.82) is 0 Å². The summed E-state index contributed by atoms with van der Waals surface area (Å²) in [6.07, 6.45) is 4.71. The quantitative estimate of drug-likeness (QED) is 0.149. The van der Waals surface area contributed by atoms with Crippen molar-refractivity contribution in [3.8, 4) is 0 Å². The minimum absolute atomic E-state index is 0.195. The van der Waals surface area contributed by atoms with Gasteiger partial charge >= 0.3 is 12.0 Å². The van der Waals surface area contributed by atoms with Crippen molar-refractivity contribution in [3.63, 3.8) is 0 Å². The zero-order valence-electron chi connectivity index (χ0n) is 13.5. The Hall–Kier alpha value is -1.34. The lowest BCUT2D eigenvalue weighted by atomic mass is 10.1. The third-order valence-electron chi connectivity index (χ3n) is 3.17. The lowest BCUT2D eigenvalue weighted by Gasteiger charge is -2.16. The molecule has 0 aliphatic heterocycles. The number of methoxy groups -OCH3 is 2. The third-order valence-corrected chi connectivity index (χ3v) is 3.17. The maximum atomic E-state index is 11.7. The van der Waals surface area contributed by atoms with Gasteiger partial charge in [-0.1, -0.05) is 0 Å². The Kier molecular flexibility index (Phi) is 12.8. The first-order valence-corrected chi connectivity index (χ1v) is 7.51. The van der Waals surface area contributed by atoms with Crippen LogP contribution in [0.2, 0.25) is 0 Å². The van der Waals surface area contributed by atoms with Gasteiger partial charge in [-0.25, -0.2) is 4.99 Å². The summed E-state index contributed by atoms with van der Waals surface area (Å²) in [6, 6.07) is 0.0931. The highest BCUT2D eigenvalue weighted by Crippen LogP contribution is 2.02. The summed E-state index contributed by atoms with van der Waals surface area (Å²) in [4.78, 5) is 14.6. The second-order valence-corrected chi connectivity index (χ2v) is 4.83. The molecule has 1 atom stereocenters. The molecule has 0 aromatic carbocycles. The summed E-state index contributed by atoms with van der Waals surface area (Å²) in [7, 11) is 4.88. The average molecular weight is 303 g/mol. The SMILES string of the molecule is CNCCCCN[C@H](CCCC[NH+]=C(N)OC)C(=O)OC. The number of unbranched alkanes of at least 4 members (excludes halogenated alkanes) is 2. The lowest BCUT2D eigenvalue weighted by Crippen LogP contribution is -2.76. The highest BCUT2D eigenvalue weighted by Gasteiger charge is 2.17. The normalized spacial score (nSPS) is 13.0. The van der Waals surface area contributed by atoms with Gasteiger partial charge in [0.15, 0.2) is 0 Å². The molecule has 0 saturated carbocycles. The Morgan fingerprint density at radius 2 is 1.86 bits per heavy atom. The Morgan fingerprint density at radius 3 is 2.48 bits per heavy atom. The second-order valence-electron chi connectivity index (χ2n) is 4.83. The standard InChI is InChI=1S/C14H30N4O3/c1-16-9-6-7-10-17-12(13(19)20-2)8-4-5-11-18-14(15)21-3/h12,16-17H,4-11H2,1-3H3,(H2,15,18)/p+1/t12-/m1/s1. The van der Waals surface area contributed by atoms with Gasteiger partial charge in [0.2, 0.25) is 0 Å². The number of rotatable bonds is 12. The van der Waals surface area contributed by atoms with E-state index < -0.39 is 0 Å². The predicted molar refractivity (Wildman–Crippen MR) is 82.9 cm³/mol. The molecule has 0 aliphatic carbocycles. The molecule has 0 heterocycles. The number of ether oxygens (including phenoxy) is 2. The first-order valence-electron chi connectivity index (χ1n) is 7.51. The topological polar surface area (TPSA) is 99.6 Å². The monoisotopic (exact) mass is 303 g/mol. The van der Waals surface area contributed by atoms with E-state index in [1.807, 2.05) is 7.05 Å². The predicted octanol–water partition coefficient (Wildman–Crippen LogP) is -1.67. The molecule has 21 heavy (non-hydrogen) atoms. The van der Waals surface area contributed by atoms with Gasteiger partial charge in [0.05, 0.1) is 20.8 Å². The van der Waals surface area contributed by atoms with E-state index in [0.29, 0.717) is 6.02 Å². The summed E-state index contributed by atoms with van der Waals surface area (Å²) in [6.45, 7) is 2.55. The molecule has 0 aliphatic rings. The molecular weight excluding hydrogens is 272 g/mol. The van der Waals surface area contributed by atoms with Crippen molar-refractivity contribution in [2.45, 2.75) is 38.1 Å². The highest BCUT2D eigenvalue weighted by molar-refractivity contribution is 5.75. The van der Waals surface area contributed by atoms with Crippen molar-refractivity contribution >= 4 is 12.0 Å². The first-order chi connectivity index (χ1) is 10.2. The van der Waals surface area contributed by atoms with Crippen LogP contribution in [0.1, 0.15) is 32.1 Å². The fourth-order valence-electron chi connectivity index (χ4n) is 1.91. The molecule has 5 N–H and O–H groups in total. The summed E-state index contributed by atoms with van der Waals surface area (Å²) in [5.74, 6) is -0.195. The van der Waals surface area contributed by atoms with Crippen LogP contribution in [0.5, 0.6) is 0 Å². The van der Waals surface area contributed by atoms with Crippen LogP contribution < -0.4 is 21.4 Å². The molecule has 0 aromatic heterocycles. The van der Waals surface area contributed by atoms with Gasteiger partial charge < -0.3 is 20.1 Å². The van der Waals surface area contributed by atoms with Crippen LogP contribution in [0.4, 0.5) is 0 Å². The number of esters is 1. The van der Waals surface area contributed by atoms with Gasteiger partial charge in [-0.3, -0.25) is 10.5 Å². The molecule has 0 rings (SSSR count). The van der Waals surface area contributed by atoms with Crippen molar-refractivity contribution in [2.75, 3.05) is 40.9 Å². The van der Waals surface area contributed by atoms with E-state index in [-0.39, 0.29) is 12.0 Å². The number of nitrogens with one attached hydrogen (secondary N) is 3. The summed E-state index contributed by atoms with van der Waals surface area (Å²) >= 11 is 0. The van der Waals surface area contributed by atoms with Crippen LogP contribution in [0.15, 0.2) is 0 Å². The van der Waals surface area contributed by atoms with E-state index in [2.05, 4.69) is 15.6 Å². The van der Waals surface area contributed by atoms with E-state index in [4.69, 9.17) is 15.2 Å². The van der Waals surface area contributed by atoms with Gasteiger partial charge in [-0.05, 0) is 52.2 Å². The average Bonchev–Trinajstić information content (AvgIpc) is 2.51. The van der Waals surface area contributed by atoms with Gasteiger partial charge in [0.25, 0.3) is 0 Å². The molecule has 0 unspecified atom stereocenters. The van der Waals surface area contributed by atoms with E-state index in [9.17, 15) is 4.79 Å². The maximum Gasteiger partial charge on any atom is 0.439 e. The van der Waals surface area contributed by atoms with Crippen molar-refractivity contribution < 1.29 is 19.3 Å². The van der Waals surface area contributed by atoms with E-state index in [1.165, 1.54) is 14.2 Å². The number of nitrogens with two attached hydrogens (primary N) is 1. The summed E-state index contributed by atoms with van der Waals surface area (Å²) < 4.78 is 9.64. The fourth-order valence-corrected chi connectivity index (χ4v) is 1.91. The number of carbonyl (C=O) groups excluding carboxylic acids is 1. The smallest absolute Gasteiger partial charge is 0.439 e. The van der Waals surface area contributed by atoms with Gasteiger partial charge in [-0.15, -0.1) is 0 Å². The van der Waals surface area contributed by atoms with Crippen LogP contribution in [0.3, 0.4) is 0 Å². The fraction of sp³-hybridized carbons (Fsp3) is 0.857. The molecule has 0 saturated heterocycles. The van der Waals surface area contributed by atoms with Crippen LogP contribution >= 0.6 is 0 Å². The number of amidine groups is 1. The number of carbonyl (C=O) groups is 1. The van der Waals surface area contributed by atoms with Crippen molar-refractivity contribution in [3.05, 3.63) is 0 Å². The summed E-state index contributed by atoms with van der Waals surface area (Å²) in [5, 5.41) is 6.37. The van der Waals surface area contributed by atoms with Gasteiger partial charge in [0, 0.05) is 0 Å². The Labute approximate surface area is 127 Å². The molecule has 7 nitrogen and oxygen atoms in total. The first kappa shape index (κ1) is 19.7. The Morgan fingerprint density at radius 1 is 1.14 bits per heavy atom. The molecule has 7 heteroatoms. The number of hydrogen-bond donors (Lipinski definition) is 4. The molecule has 0 bridgehead atoms. The third kappa shape index (κ3) is 11.0. The van der Waals surface area contributed by atoms with Gasteiger partial charge in [0.1, 0.15) is 6.04 Å². The Bertz CT molecular complexity index is 298. The largest absolute Gasteiger partial charge is 0.468 e. The van der Waals surface area contributed by atoms with Crippen LogP contribution in [0, 0.1) is 0 Å². The van der Waals surface area contributed by atoms with E-state index in [0.717, 1.165) is 51.7 Å². The van der Waals surface area contributed by atoms with E-state index >= 15 is 0 Å². The molecule has 0 spiro atoms. The van der Waals surface area contributed by atoms with Crippen molar-refractivity contribution in [2.24, 2.45) is 5.73 Å². The molecule has 0 radical (unpaired) electrons. The second kappa shape index (κ2) is 13.6.